The van der Waals surface area contributed by atoms with Gasteiger partial charge in [0.05, 0.1) is 6.54 Å². The quantitative estimate of drug-likeness (QED) is 0.868. The van der Waals surface area contributed by atoms with Crippen LogP contribution in [0.1, 0.15) is 30.9 Å². The van der Waals surface area contributed by atoms with Crippen molar-refractivity contribution >= 4 is 5.69 Å². The van der Waals surface area contributed by atoms with Crippen LogP contribution in [0.2, 0.25) is 0 Å². The van der Waals surface area contributed by atoms with Gasteiger partial charge in [-0.15, -0.1) is 0 Å². The number of para-hydroxylation sites is 1. The third kappa shape index (κ3) is 3.87. The molecule has 0 aliphatic heterocycles. The molecule has 0 amide bonds. The fourth-order valence-corrected chi connectivity index (χ4v) is 2.16. The van der Waals surface area contributed by atoms with Crippen molar-refractivity contribution in [2.24, 2.45) is 0 Å². The van der Waals surface area contributed by atoms with Crippen LogP contribution < -0.4 is 10.2 Å². The first-order valence-electron chi connectivity index (χ1n) is 7.14. The zero-order valence-corrected chi connectivity index (χ0v) is 12.8. The highest BCUT2D eigenvalue weighted by atomic mass is 16.3. The number of aryl methyl sites for hydroxylation is 1. The summed E-state index contributed by atoms with van der Waals surface area (Å²) in [6, 6.07) is 13.0. The summed E-state index contributed by atoms with van der Waals surface area (Å²) in [6.07, 6.45) is 0. The van der Waals surface area contributed by atoms with Crippen molar-refractivity contribution in [3.8, 4) is 0 Å². The van der Waals surface area contributed by atoms with E-state index in [-0.39, 0.29) is 0 Å². The van der Waals surface area contributed by atoms with Crippen molar-refractivity contribution < 1.29 is 4.42 Å². The number of nitrogens with zero attached hydrogens (tertiary/aromatic N) is 1. The number of furan rings is 1. The average molecular weight is 272 g/mol. The van der Waals surface area contributed by atoms with Gasteiger partial charge in [-0.3, -0.25) is 0 Å². The Morgan fingerprint density at radius 3 is 2.55 bits per heavy atom. The number of benzene rings is 1. The molecule has 0 bridgehead atoms. The van der Waals surface area contributed by atoms with E-state index in [2.05, 4.69) is 61.4 Å². The Hall–Kier alpha value is -1.74. The second kappa shape index (κ2) is 6.62. The maximum Gasteiger partial charge on any atom is 0.123 e. The highest BCUT2D eigenvalue weighted by Crippen LogP contribution is 2.19. The van der Waals surface area contributed by atoms with Gasteiger partial charge in [-0.2, -0.15) is 0 Å². The predicted molar refractivity (Wildman–Crippen MR) is 84.0 cm³/mol. The molecule has 2 rings (SSSR count). The summed E-state index contributed by atoms with van der Waals surface area (Å²) in [5, 5.41) is 3.43. The van der Waals surface area contributed by atoms with Gasteiger partial charge in [-0.05, 0) is 25.1 Å². The zero-order valence-electron chi connectivity index (χ0n) is 12.8. The molecule has 0 aliphatic carbocycles. The lowest BCUT2D eigenvalue weighted by molar-refractivity contribution is 0.476. The van der Waals surface area contributed by atoms with E-state index in [9.17, 15) is 0 Å². The molecule has 0 radical (unpaired) electrons. The van der Waals surface area contributed by atoms with E-state index < -0.39 is 0 Å². The van der Waals surface area contributed by atoms with Crippen molar-refractivity contribution in [2.45, 2.75) is 39.9 Å². The zero-order chi connectivity index (χ0) is 14.5. The molecule has 3 heteroatoms. The minimum Gasteiger partial charge on any atom is -0.464 e. The summed E-state index contributed by atoms with van der Waals surface area (Å²) in [4.78, 5) is 2.19. The van der Waals surface area contributed by atoms with Gasteiger partial charge in [0.15, 0.2) is 0 Å². The van der Waals surface area contributed by atoms with E-state index in [0.717, 1.165) is 24.6 Å². The summed E-state index contributed by atoms with van der Waals surface area (Å²) in [7, 11) is 2.08. The van der Waals surface area contributed by atoms with Gasteiger partial charge >= 0.3 is 0 Å². The van der Waals surface area contributed by atoms with Gasteiger partial charge in [-0.1, -0.05) is 32.0 Å². The highest BCUT2D eigenvalue weighted by Gasteiger charge is 2.10. The van der Waals surface area contributed by atoms with Gasteiger partial charge in [0.2, 0.25) is 0 Å². The van der Waals surface area contributed by atoms with E-state index in [1.165, 1.54) is 11.3 Å². The lowest BCUT2D eigenvalue weighted by Gasteiger charge is -2.17. The summed E-state index contributed by atoms with van der Waals surface area (Å²) >= 11 is 0. The van der Waals surface area contributed by atoms with E-state index >= 15 is 0 Å². The molecule has 108 valence electrons. The topological polar surface area (TPSA) is 28.4 Å². The summed E-state index contributed by atoms with van der Waals surface area (Å²) < 4.78 is 5.86. The first kappa shape index (κ1) is 14.7. The average Bonchev–Trinajstić information content (AvgIpc) is 2.77. The predicted octanol–water partition coefficient (Wildman–Crippen LogP) is 3.72. The molecule has 1 heterocycles. The molecule has 3 nitrogen and oxygen atoms in total. The maximum atomic E-state index is 5.86. The molecule has 0 unspecified atom stereocenters. The van der Waals surface area contributed by atoms with E-state index in [1.54, 1.807) is 0 Å². The van der Waals surface area contributed by atoms with Crippen LogP contribution in [0.15, 0.2) is 40.8 Å². The molecule has 0 spiro atoms. The summed E-state index contributed by atoms with van der Waals surface area (Å²) in [6.45, 7) is 7.98. The molecule has 1 N–H and O–H groups in total. The van der Waals surface area contributed by atoms with Crippen molar-refractivity contribution in [3.63, 3.8) is 0 Å². The SMILES string of the molecule is Cc1oc(CN(C)c2ccccc2)cc1CNC(C)C. The largest absolute Gasteiger partial charge is 0.464 e. The minimum atomic E-state index is 0.486. The number of anilines is 1. The van der Waals surface area contributed by atoms with Crippen molar-refractivity contribution in [3.05, 3.63) is 53.5 Å². The Labute approximate surface area is 121 Å². The van der Waals surface area contributed by atoms with E-state index in [4.69, 9.17) is 4.42 Å². The smallest absolute Gasteiger partial charge is 0.123 e. The number of nitrogens with one attached hydrogen (secondary N) is 1. The van der Waals surface area contributed by atoms with Gasteiger partial charge in [-0.25, -0.2) is 0 Å². The monoisotopic (exact) mass is 272 g/mol. The molecule has 0 atom stereocenters. The Morgan fingerprint density at radius 2 is 1.90 bits per heavy atom. The molecule has 1 aromatic heterocycles. The second-order valence-corrected chi connectivity index (χ2v) is 5.52. The lowest BCUT2D eigenvalue weighted by atomic mass is 10.2. The fraction of sp³-hybridized carbons (Fsp3) is 0.412. The molecule has 1 aromatic carbocycles. The highest BCUT2D eigenvalue weighted by molar-refractivity contribution is 5.45. The van der Waals surface area contributed by atoms with Crippen molar-refractivity contribution in [1.29, 1.82) is 0 Å². The van der Waals surface area contributed by atoms with Crippen LogP contribution in [0, 0.1) is 6.92 Å². The first-order chi connectivity index (χ1) is 9.56. The first-order valence-corrected chi connectivity index (χ1v) is 7.14. The van der Waals surface area contributed by atoms with Crippen LogP contribution in [0.5, 0.6) is 0 Å². The third-order valence-electron chi connectivity index (χ3n) is 3.36. The van der Waals surface area contributed by atoms with E-state index in [1.807, 2.05) is 13.0 Å². The third-order valence-corrected chi connectivity index (χ3v) is 3.36. The van der Waals surface area contributed by atoms with Gasteiger partial charge in [0, 0.05) is 30.9 Å². The molecule has 0 aliphatic rings. The maximum absolute atomic E-state index is 5.86. The van der Waals surface area contributed by atoms with Crippen LogP contribution in [-0.2, 0) is 13.1 Å². The molecule has 20 heavy (non-hydrogen) atoms. The van der Waals surface area contributed by atoms with Gasteiger partial charge in [0.25, 0.3) is 0 Å². The summed E-state index contributed by atoms with van der Waals surface area (Å²) in [5.41, 5.74) is 2.44. The number of rotatable bonds is 6. The Morgan fingerprint density at radius 1 is 1.20 bits per heavy atom. The van der Waals surface area contributed by atoms with E-state index in [0.29, 0.717) is 6.04 Å². The normalized spacial score (nSPS) is 11.1. The minimum absolute atomic E-state index is 0.486. The molecule has 2 aromatic rings. The van der Waals surface area contributed by atoms with Crippen molar-refractivity contribution in [2.75, 3.05) is 11.9 Å². The molecular formula is C17H24N2O. The number of hydrogen-bond acceptors (Lipinski definition) is 3. The fourth-order valence-electron chi connectivity index (χ4n) is 2.16. The number of hydrogen-bond donors (Lipinski definition) is 1. The Bertz CT molecular complexity index is 531. The van der Waals surface area contributed by atoms with Gasteiger partial charge in [0.1, 0.15) is 11.5 Å². The van der Waals surface area contributed by atoms with Crippen LogP contribution in [-0.4, -0.2) is 13.1 Å². The van der Waals surface area contributed by atoms with Gasteiger partial charge < -0.3 is 14.6 Å². The van der Waals surface area contributed by atoms with Crippen molar-refractivity contribution in [1.82, 2.24) is 5.32 Å². The lowest BCUT2D eigenvalue weighted by Crippen LogP contribution is -2.21. The van der Waals surface area contributed by atoms with Crippen LogP contribution in [0.25, 0.3) is 0 Å². The molecule has 0 saturated carbocycles. The van der Waals surface area contributed by atoms with Crippen LogP contribution >= 0.6 is 0 Å². The van der Waals surface area contributed by atoms with Crippen LogP contribution in [0.3, 0.4) is 0 Å². The summed E-state index contributed by atoms with van der Waals surface area (Å²) in [5.74, 6) is 2.02. The molecular weight excluding hydrogens is 248 g/mol. The Kier molecular flexibility index (Phi) is 4.85. The molecule has 0 saturated heterocycles. The van der Waals surface area contributed by atoms with Crippen LogP contribution in [0.4, 0.5) is 5.69 Å². The standard InChI is InChI=1S/C17H24N2O/c1-13(2)18-11-15-10-17(20-14(15)3)12-19(4)16-8-6-5-7-9-16/h5-10,13,18H,11-12H2,1-4H3. The molecule has 0 fully saturated rings. The second-order valence-electron chi connectivity index (χ2n) is 5.52. The Balaban J connectivity index is 2.01.